The Morgan fingerprint density at radius 1 is 1.16 bits per heavy atom. The third-order valence-electron chi connectivity index (χ3n) is 3.05. The number of imidazole rings is 1. The largest absolute Gasteiger partial charge is 0.399 e. The van der Waals surface area contributed by atoms with Gasteiger partial charge in [-0.3, -0.25) is 0 Å². The van der Waals surface area contributed by atoms with Gasteiger partial charge < -0.3 is 10.7 Å². The molecule has 0 aliphatic carbocycles. The van der Waals surface area contributed by atoms with E-state index in [1.807, 2.05) is 13.0 Å². The molecule has 3 nitrogen and oxygen atoms in total. The van der Waals surface area contributed by atoms with E-state index in [-0.39, 0.29) is 5.52 Å². The van der Waals surface area contributed by atoms with Crippen LogP contribution < -0.4 is 5.73 Å². The average molecular weight is 259 g/mol. The number of nitrogen functional groups attached to an aromatic ring is 1. The molecule has 0 spiro atoms. The van der Waals surface area contributed by atoms with Gasteiger partial charge in [0.2, 0.25) is 0 Å². The lowest BCUT2D eigenvalue weighted by molar-refractivity contribution is 0.591. The van der Waals surface area contributed by atoms with Crippen LogP contribution in [-0.2, 0) is 0 Å². The summed E-state index contributed by atoms with van der Waals surface area (Å²) in [6.45, 7) is 1.88. The van der Waals surface area contributed by atoms with Gasteiger partial charge in [0.15, 0.2) is 5.82 Å². The Balaban J connectivity index is 2.20. The quantitative estimate of drug-likeness (QED) is 0.658. The summed E-state index contributed by atoms with van der Waals surface area (Å²) in [6, 6.07) is 7.44. The summed E-state index contributed by atoms with van der Waals surface area (Å²) >= 11 is 0. The Bertz CT molecular complexity index is 778. The van der Waals surface area contributed by atoms with Gasteiger partial charge >= 0.3 is 0 Å². The van der Waals surface area contributed by atoms with Gasteiger partial charge in [-0.05, 0) is 36.8 Å². The molecular formula is C14H11F2N3. The van der Waals surface area contributed by atoms with Gasteiger partial charge in [0.1, 0.15) is 17.2 Å². The third kappa shape index (κ3) is 1.93. The number of nitrogens with zero attached hydrogens (tertiary/aromatic N) is 1. The standard InChI is InChI=1S/C14H11F2N3/c1-7-4-8(2-3-11(7)17)14-18-12-6-9(15)5-10(16)13(12)19-14/h2-6H,17H2,1H3,(H,18,19). The maximum atomic E-state index is 13.6. The van der Waals surface area contributed by atoms with Crippen molar-refractivity contribution in [3.8, 4) is 11.4 Å². The number of fused-ring (bicyclic) bond motifs is 1. The van der Waals surface area contributed by atoms with Gasteiger partial charge in [0, 0.05) is 17.3 Å². The van der Waals surface area contributed by atoms with Crippen molar-refractivity contribution in [2.75, 3.05) is 5.73 Å². The first-order valence-corrected chi connectivity index (χ1v) is 5.76. The van der Waals surface area contributed by atoms with Crippen LogP contribution in [0.4, 0.5) is 14.5 Å². The maximum Gasteiger partial charge on any atom is 0.153 e. The zero-order valence-electron chi connectivity index (χ0n) is 10.2. The monoisotopic (exact) mass is 259 g/mol. The van der Waals surface area contributed by atoms with Crippen molar-refractivity contribution in [1.29, 1.82) is 0 Å². The fraction of sp³-hybridized carbons (Fsp3) is 0.0714. The number of nitrogens with one attached hydrogen (secondary N) is 1. The molecule has 1 aromatic heterocycles. The summed E-state index contributed by atoms with van der Waals surface area (Å²) in [7, 11) is 0. The second-order valence-electron chi connectivity index (χ2n) is 4.44. The van der Waals surface area contributed by atoms with Crippen molar-refractivity contribution < 1.29 is 8.78 Å². The van der Waals surface area contributed by atoms with E-state index >= 15 is 0 Å². The normalized spacial score (nSPS) is 11.1. The number of anilines is 1. The van der Waals surface area contributed by atoms with Crippen LogP contribution in [0.1, 0.15) is 5.56 Å². The lowest BCUT2D eigenvalue weighted by Gasteiger charge is -2.01. The van der Waals surface area contributed by atoms with Crippen LogP contribution in [0.15, 0.2) is 30.3 Å². The molecule has 3 rings (SSSR count). The lowest BCUT2D eigenvalue weighted by Crippen LogP contribution is -1.90. The fourth-order valence-electron chi connectivity index (χ4n) is 2.00. The van der Waals surface area contributed by atoms with Crippen LogP contribution in [0.3, 0.4) is 0 Å². The second kappa shape index (κ2) is 4.05. The minimum absolute atomic E-state index is 0.130. The molecule has 19 heavy (non-hydrogen) atoms. The van der Waals surface area contributed by atoms with Crippen molar-refractivity contribution in [2.24, 2.45) is 0 Å². The highest BCUT2D eigenvalue weighted by Crippen LogP contribution is 2.25. The molecule has 0 bridgehead atoms. The molecule has 0 radical (unpaired) electrons. The smallest absolute Gasteiger partial charge is 0.153 e. The molecule has 0 saturated carbocycles. The minimum atomic E-state index is -0.676. The van der Waals surface area contributed by atoms with Gasteiger partial charge in [0.25, 0.3) is 0 Å². The van der Waals surface area contributed by atoms with Crippen molar-refractivity contribution in [3.05, 3.63) is 47.5 Å². The van der Waals surface area contributed by atoms with Crippen LogP contribution in [0.2, 0.25) is 0 Å². The maximum absolute atomic E-state index is 13.6. The summed E-state index contributed by atoms with van der Waals surface area (Å²) in [5.41, 5.74) is 8.58. The first-order chi connectivity index (χ1) is 9.04. The number of hydrogen-bond acceptors (Lipinski definition) is 2. The molecule has 1 heterocycles. The summed E-state index contributed by atoms with van der Waals surface area (Å²) < 4.78 is 26.7. The van der Waals surface area contributed by atoms with E-state index in [1.54, 1.807) is 12.1 Å². The number of nitrogens with two attached hydrogens (primary N) is 1. The third-order valence-corrected chi connectivity index (χ3v) is 3.05. The molecule has 96 valence electrons. The number of benzene rings is 2. The highest BCUT2D eigenvalue weighted by atomic mass is 19.1. The highest BCUT2D eigenvalue weighted by Gasteiger charge is 2.11. The fourth-order valence-corrected chi connectivity index (χ4v) is 2.00. The average Bonchev–Trinajstić information content (AvgIpc) is 2.76. The van der Waals surface area contributed by atoms with Gasteiger partial charge in [-0.1, -0.05) is 0 Å². The minimum Gasteiger partial charge on any atom is -0.399 e. The molecule has 0 aliphatic rings. The summed E-state index contributed by atoms with van der Waals surface area (Å²) in [5.74, 6) is -0.819. The zero-order chi connectivity index (χ0) is 13.6. The van der Waals surface area contributed by atoms with E-state index < -0.39 is 11.6 Å². The van der Waals surface area contributed by atoms with Crippen LogP contribution in [0.5, 0.6) is 0 Å². The Morgan fingerprint density at radius 2 is 1.95 bits per heavy atom. The van der Waals surface area contributed by atoms with Gasteiger partial charge in [0.05, 0.1) is 5.52 Å². The van der Waals surface area contributed by atoms with Crippen LogP contribution in [0.25, 0.3) is 22.4 Å². The predicted molar refractivity (Wildman–Crippen MR) is 70.6 cm³/mol. The van der Waals surface area contributed by atoms with Gasteiger partial charge in [-0.15, -0.1) is 0 Å². The van der Waals surface area contributed by atoms with Crippen molar-refractivity contribution >= 4 is 16.7 Å². The summed E-state index contributed by atoms with van der Waals surface area (Å²) in [4.78, 5) is 7.06. The Morgan fingerprint density at radius 3 is 2.68 bits per heavy atom. The molecule has 0 atom stereocenters. The SMILES string of the molecule is Cc1cc(-c2nc3c(F)cc(F)cc3[nH]2)ccc1N. The van der Waals surface area contributed by atoms with Crippen LogP contribution in [-0.4, -0.2) is 9.97 Å². The number of halogens is 2. The number of aryl methyl sites for hydroxylation is 1. The molecule has 0 amide bonds. The molecule has 0 fully saturated rings. The van der Waals surface area contributed by atoms with E-state index in [0.717, 1.165) is 17.2 Å². The van der Waals surface area contributed by atoms with E-state index in [1.165, 1.54) is 6.07 Å². The van der Waals surface area contributed by atoms with Gasteiger partial charge in [-0.2, -0.15) is 0 Å². The molecule has 2 aromatic carbocycles. The predicted octanol–water partition coefficient (Wildman–Crippen LogP) is 3.40. The number of aromatic nitrogens is 2. The summed E-state index contributed by atoms with van der Waals surface area (Å²) in [6.07, 6.45) is 0. The molecule has 3 aromatic rings. The van der Waals surface area contributed by atoms with Crippen molar-refractivity contribution in [1.82, 2.24) is 9.97 Å². The number of rotatable bonds is 1. The molecular weight excluding hydrogens is 248 g/mol. The topological polar surface area (TPSA) is 54.7 Å². The molecule has 0 unspecified atom stereocenters. The first-order valence-electron chi connectivity index (χ1n) is 5.76. The summed E-state index contributed by atoms with van der Waals surface area (Å²) in [5, 5.41) is 0. The molecule has 0 saturated heterocycles. The first kappa shape index (κ1) is 11.6. The highest BCUT2D eigenvalue weighted by molar-refractivity contribution is 5.80. The van der Waals surface area contributed by atoms with Gasteiger partial charge in [-0.25, -0.2) is 13.8 Å². The van der Waals surface area contributed by atoms with Crippen molar-refractivity contribution in [2.45, 2.75) is 6.92 Å². The van der Waals surface area contributed by atoms with Crippen LogP contribution >= 0.6 is 0 Å². The molecule has 3 N–H and O–H groups in total. The molecule has 5 heteroatoms. The van der Waals surface area contributed by atoms with E-state index in [9.17, 15) is 8.78 Å². The number of H-pyrrole nitrogens is 1. The Kier molecular flexibility index (Phi) is 2.48. The number of hydrogen-bond donors (Lipinski definition) is 2. The zero-order valence-corrected chi connectivity index (χ0v) is 10.2. The van der Waals surface area contributed by atoms with E-state index in [0.29, 0.717) is 17.0 Å². The lowest BCUT2D eigenvalue weighted by atomic mass is 10.1. The van der Waals surface area contributed by atoms with E-state index in [2.05, 4.69) is 9.97 Å². The Hall–Kier alpha value is -2.43. The Labute approximate surface area is 108 Å². The second-order valence-corrected chi connectivity index (χ2v) is 4.44. The number of aromatic amines is 1. The van der Waals surface area contributed by atoms with E-state index in [4.69, 9.17) is 5.73 Å². The molecule has 0 aliphatic heterocycles. The van der Waals surface area contributed by atoms with Crippen LogP contribution in [0, 0.1) is 18.6 Å². The van der Waals surface area contributed by atoms with Crippen molar-refractivity contribution in [3.63, 3.8) is 0 Å².